The molecular formula is C24H31N3O3S2. The largest absolute Gasteiger partial charge is 0.497 e. The van der Waals surface area contributed by atoms with Gasteiger partial charge < -0.3 is 9.30 Å². The molecule has 8 heteroatoms. The minimum atomic E-state index is -3.47. The van der Waals surface area contributed by atoms with E-state index in [9.17, 15) is 8.42 Å². The summed E-state index contributed by atoms with van der Waals surface area (Å²) in [6, 6.07) is 14.9. The lowest BCUT2D eigenvalue weighted by molar-refractivity contribution is 0.415. The van der Waals surface area contributed by atoms with E-state index < -0.39 is 10.0 Å². The van der Waals surface area contributed by atoms with Crippen molar-refractivity contribution in [2.75, 3.05) is 20.2 Å². The molecule has 32 heavy (non-hydrogen) atoms. The van der Waals surface area contributed by atoms with Gasteiger partial charge in [-0.3, -0.25) is 0 Å². The first-order chi connectivity index (χ1) is 15.4. The van der Waals surface area contributed by atoms with E-state index in [1.165, 1.54) is 4.31 Å². The minimum absolute atomic E-state index is 0.323. The second-order valence-electron chi connectivity index (χ2n) is 7.33. The molecule has 3 rings (SSSR count). The molecule has 0 N–H and O–H groups in total. The highest BCUT2D eigenvalue weighted by atomic mass is 32.2. The number of thiazole rings is 1. The lowest BCUT2D eigenvalue weighted by atomic mass is 10.1. The van der Waals surface area contributed by atoms with Crippen molar-refractivity contribution in [2.24, 2.45) is 4.99 Å². The SMILES string of the molecule is CCCCn1c(-c2ccc(S(=O)(=O)N(CC)CC)cc2)csc1=Nc1ccc(OC)cc1. The number of rotatable bonds is 10. The van der Waals surface area contributed by atoms with Gasteiger partial charge in [-0.2, -0.15) is 4.31 Å². The summed E-state index contributed by atoms with van der Waals surface area (Å²) in [6.07, 6.45) is 2.11. The smallest absolute Gasteiger partial charge is 0.243 e. The van der Waals surface area contributed by atoms with Crippen LogP contribution in [0.25, 0.3) is 11.3 Å². The fraction of sp³-hybridized carbons (Fsp3) is 0.375. The number of hydrogen-bond donors (Lipinski definition) is 0. The average Bonchev–Trinajstić information content (AvgIpc) is 3.21. The predicted octanol–water partition coefficient (Wildman–Crippen LogP) is 5.29. The van der Waals surface area contributed by atoms with Crippen LogP contribution in [-0.4, -0.2) is 37.5 Å². The van der Waals surface area contributed by atoms with Gasteiger partial charge >= 0.3 is 0 Å². The summed E-state index contributed by atoms with van der Waals surface area (Å²) in [6.45, 7) is 7.64. The summed E-state index contributed by atoms with van der Waals surface area (Å²) in [7, 11) is -1.82. The van der Waals surface area contributed by atoms with Gasteiger partial charge in [0.25, 0.3) is 0 Å². The zero-order chi connectivity index (χ0) is 23.1. The predicted molar refractivity (Wildman–Crippen MR) is 131 cm³/mol. The number of benzene rings is 2. The second kappa shape index (κ2) is 10.9. The molecule has 0 spiro atoms. The summed E-state index contributed by atoms with van der Waals surface area (Å²) in [4.78, 5) is 6.08. The van der Waals surface area contributed by atoms with Crippen molar-refractivity contribution in [1.29, 1.82) is 0 Å². The molecule has 0 fully saturated rings. The van der Waals surface area contributed by atoms with Crippen molar-refractivity contribution < 1.29 is 13.2 Å². The second-order valence-corrected chi connectivity index (χ2v) is 10.1. The molecule has 0 unspecified atom stereocenters. The van der Waals surface area contributed by atoms with Crippen LogP contribution in [0.15, 0.2) is 63.8 Å². The van der Waals surface area contributed by atoms with Gasteiger partial charge in [-0.15, -0.1) is 11.3 Å². The highest BCUT2D eigenvalue weighted by Crippen LogP contribution is 2.25. The first kappa shape index (κ1) is 24.2. The molecule has 0 aliphatic heterocycles. The van der Waals surface area contributed by atoms with E-state index in [4.69, 9.17) is 9.73 Å². The Balaban J connectivity index is 1.99. The van der Waals surface area contributed by atoms with Gasteiger partial charge in [0.2, 0.25) is 10.0 Å². The van der Waals surface area contributed by atoms with Crippen LogP contribution < -0.4 is 9.54 Å². The molecular weight excluding hydrogens is 442 g/mol. The van der Waals surface area contributed by atoms with Crippen molar-refractivity contribution in [3.63, 3.8) is 0 Å². The van der Waals surface area contributed by atoms with Crippen LogP contribution in [0.5, 0.6) is 5.75 Å². The fourth-order valence-corrected chi connectivity index (χ4v) is 5.87. The molecule has 0 aliphatic rings. The molecule has 172 valence electrons. The molecule has 0 bridgehead atoms. The summed E-state index contributed by atoms with van der Waals surface area (Å²) in [5.74, 6) is 0.800. The van der Waals surface area contributed by atoms with Crippen molar-refractivity contribution in [2.45, 2.75) is 45.1 Å². The molecule has 0 saturated carbocycles. The number of hydrogen-bond acceptors (Lipinski definition) is 5. The number of sulfonamides is 1. The first-order valence-electron chi connectivity index (χ1n) is 10.9. The quantitative estimate of drug-likeness (QED) is 0.402. The van der Waals surface area contributed by atoms with Gasteiger partial charge in [-0.1, -0.05) is 39.3 Å². The summed E-state index contributed by atoms with van der Waals surface area (Å²) >= 11 is 1.59. The zero-order valence-electron chi connectivity index (χ0n) is 19.1. The molecule has 3 aromatic rings. The van der Waals surface area contributed by atoms with Crippen LogP contribution in [0.2, 0.25) is 0 Å². The summed E-state index contributed by atoms with van der Waals surface area (Å²) in [5.41, 5.74) is 2.89. The molecule has 0 amide bonds. The molecule has 0 radical (unpaired) electrons. The zero-order valence-corrected chi connectivity index (χ0v) is 20.7. The van der Waals surface area contributed by atoms with E-state index >= 15 is 0 Å². The van der Waals surface area contributed by atoms with Gasteiger partial charge in [-0.05, 0) is 48.4 Å². The van der Waals surface area contributed by atoms with E-state index in [1.54, 1.807) is 30.6 Å². The lowest BCUT2D eigenvalue weighted by Crippen LogP contribution is -2.30. The standard InChI is InChI=1S/C24H31N3O3S2/c1-5-8-17-27-23(18-31-24(27)25-20-11-13-21(30-4)14-12-20)19-9-15-22(16-10-19)32(28,29)26(6-2)7-3/h9-16,18H,5-8,17H2,1-4H3. The number of aromatic nitrogens is 1. The van der Waals surface area contributed by atoms with E-state index in [-0.39, 0.29) is 0 Å². The fourth-order valence-electron chi connectivity index (χ4n) is 3.46. The molecule has 0 atom stereocenters. The Morgan fingerprint density at radius 1 is 1.00 bits per heavy atom. The average molecular weight is 474 g/mol. The third-order valence-electron chi connectivity index (χ3n) is 5.32. The van der Waals surface area contributed by atoms with Crippen LogP contribution in [0.1, 0.15) is 33.6 Å². The van der Waals surface area contributed by atoms with Crippen molar-refractivity contribution in [3.8, 4) is 17.0 Å². The highest BCUT2D eigenvalue weighted by molar-refractivity contribution is 7.89. The first-order valence-corrected chi connectivity index (χ1v) is 13.2. The van der Waals surface area contributed by atoms with Crippen LogP contribution >= 0.6 is 11.3 Å². The Hall–Kier alpha value is -2.42. The normalized spacial score (nSPS) is 12.5. The van der Waals surface area contributed by atoms with Crippen molar-refractivity contribution >= 4 is 27.0 Å². The Morgan fingerprint density at radius 3 is 2.22 bits per heavy atom. The van der Waals surface area contributed by atoms with Crippen LogP contribution in [0, 0.1) is 0 Å². The topological polar surface area (TPSA) is 63.9 Å². The van der Waals surface area contributed by atoms with Crippen LogP contribution in [0.3, 0.4) is 0 Å². The summed E-state index contributed by atoms with van der Waals surface area (Å²) < 4.78 is 34.5. The van der Waals surface area contributed by atoms with E-state index in [1.807, 2.05) is 50.2 Å². The van der Waals surface area contributed by atoms with Crippen LogP contribution in [-0.2, 0) is 16.6 Å². The molecule has 0 aliphatic carbocycles. The lowest BCUT2D eigenvalue weighted by Gasteiger charge is -2.18. The number of ether oxygens (including phenoxy) is 1. The Bertz CT molecular complexity index is 1170. The Kier molecular flexibility index (Phi) is 8.28. The highest BCUT2D eigenvalue weighted by Gasteiger charge is 2.21. The van der Waals surface area contributed by atoms with E-state index in [0.717, 1.165) is 46.9 Å². The third kappa shape index (κ3) is 5.31. The van der Waals surface area contributed by atoms with Crippen LogP contribution in [0.4, 0.5) is 5.69 Å². The molecule has 1 aromatic heterocycles. The molecule has 0 saturated heterocycles. The maximum Gasteiger partial charge on any atom is 0.243 e. The van der Waals surface area contributed by atoms with Crippen molar-refractivity contribution in [3.05, 3.63) is 58.7 Å². The van der Waals surface area contributed by atoms with Gasteiger partial charge in [-0.25, -0.2) is 13.4 Å². The maximum atomic E-state index is 12.8. The number of nitrogens with zero attached hydrogens (tertiary/aromatic N) is 3. The molecule has 6 nitrogen and oxygen atoms in total. The minimum Gasteiger partial charge on any atom is -0.497 e. The number of unbranched alkanes of at least 4 members (excludes halogenated alkanes) is 1. The maximum absolute atomic E-state index is 12.8. The number of methoxy groups -OCH3 is 1. The van der Waals surface area contributed by atoms with Gasteiger partial charge in [0, 0.05) is 25.0 Å². The van der Waals surface area contributed by atoms with E-state index in [2.05, 4.69) is 16.9 Å². The third-order valence-corrected chi connectivity index (χ3v) is 8.25. The van der Waals surface area contributed by atoms with Gasteiger partial charge in [0.15, 0.2) is 4.80 Å². The molecule has 2 aromatic carbocycles. The Labute approximate surface area is 194 Å². The van der Waals surface area contributed by atoms with E-state index in [0.29, 0.717) is 18.0 Å². The monoisotopic (exact) mass is 473 g/mol. The summed E-state index contributed by atoms with van der Waals surface area (Å²) in [5, 5.41) is 2.09. The van der Waals surface area contributed by atoms with Crippen molar-refractivity contribution in [1.82, 2.24) is 8.87 Å². The molecule has 1 heterocycles. The van der Waals surface area contributed by atoms with Gasteiger partial charge in [0.05, 0.1) is 23.4 Å². The Morgan fingerprint density at radius 2 is 1.66 bits per heavy atom. The van der Waals surface area contributed by atoms with Gasteiger partial charge in [0.1, 0.15) is 5.75 Å².